The van der Waals surface area contributed by atoms with Gasteiger partial charge in [-0.3, -0.25) is 4.79 Å². The summed E-state index contributed by atoms with van der Waals surface area (Å²) in [5, 5.41) is 10.9. The van der Waals surface area contributed by atoms with E-state index >= 15 is 0 Å². The first-order valence-electron chi connectivity index (χ1n) is 6.54. The fourth-order valence-electron chi connectivity index (χ4n) is 1.79. The predicted octanol–water partition coefficient (Wildman–Crippen LogP) is 0.474. The van der Waals surface area contributed by atoms with Crippen LogP contribution >= 0.6 is 0 Å². The monoisotopic (exact) mass is 253 g/mol. The average molecular weight is 253 g/mol. The van der Waals surface area contributed by atoms with Crippen LogP contribution in [-0.2, 0) is 17.8 Å². The Morgan fingerprint density at radius 2 is 2.39 bits per heavy atom. The van der Waals surface area contributed by atoms with Crippen LogP contribution in [0.25, 0.3) is 0 Å². The molecule has 0 radical (unpaired) electrons. The second kappa shape index (κ2) is 7.81. The summed E-state index contributed by atoms with van der Waals surface area (Å²) >= 11 is 0. The van der Waals surface area contributed by atoms with Crippen LogP contribution < -0.4 is 11.1 Å². The number of amides is 1. The quantitative estimate of drug-likeness (QED) is 0.705. The Morgan fingerprint density at radius 3 is 3.06 bits per heavy atom. The number of nitrogens with one attached hydrogen (secondary N) is 1. The Hall–Kier alpha value is -1.43. The summed E-state index contributed by atoms with van der Waals surface area (Å²) < 4.78 is 1.57. The van der Waals surface area contributed by atoms with E-state index in [4.69, 9.17) is 5.73 Å². The Labute approximate surface area is 108 Å². The van der Waals surface area contributed by atoms with E-state index in [-0.39, 0.29) is 18.5 Å². The number of nitrogens with zero attached hydrogens (tertiary/aromatic N) is 3. The number of nitrogens with two attached hydrogens (primary N) is 1. The van der Waals surface area contributed by atoms with Crippen molar-refractivity contribution in [2.45, 2.75) is 52.1 Å². The molecule has 0 aromatic carbocycles. The van der Waals surface area contributed by atoms with E-state index in [1.54, 1.807) is 10.9 Å². The molecule has 102 valence electrons. The van der Waals surface area contributed by atoms with Crippen molar-refractivity contribution in [3.63, 3.8) is 0 Å². The van der Waals surface area contributed by atoms with Crippen molar-refractivity contribution in [2.75, 3.05) is 6.54 Å². The van der Waals surface area contributed by atoms with Gasteiger partial charge in [0, 0.05) is 12.2 Å². The van der Waals surface area contributed by atoms with Crippen molar-refractivity contribution >= 4 is 5.91 Å². The fourth-order valence-corrected chi connectivity index (χ4v) is 1.79. The van der Waals surface area contributed by atoms with Crippen molar-refractivity contribution in [2.24, 2.45) is 5.73 Å². The molecule has 0 saturated heterocycles. The van der Waals surface area contributed by atoms with E-state index in [1.165, 1.54) is 0 Å². The van der Waals surface area contributed by atoms with E-state index in [9.17, 15) is 4.79 Å². The molecule has 6 heteroatoms. The van der Waals surface area contributed by atoms with Gasteiger partial charge in [-0.25, -0.2) is 4.68 Å². The minimum atomic E-state index is -0.0220. The molecule has 0 saturated carbocycles. The predicted molar refractivity (Wildman–Crippen MR) is 69.9 cm³/mol. The van der Waals surface area contributed by atoms with Crippen LogP contribution in [0.5, 0.6) is 0 Å². The van der Waals surface area contributed by atoms with Crippen molar-refractivity contribution in [1.82, 2.24) is 20.3 Å². The third-order valence-corrected chi connectivity index (χ3v) is 2.66. The molecule has 0 fully saturated rings. The number of hydrogen-bond donors (Lipinski definition) is 2. The van der Waals surface area contributed by atoms with Gasteiger partial charge in [0.25, 0.3) is 0 Å². The lowest BCUT2D eigenvalue weighted by Crippen LogP contribution is -2.35. The minimum absolute atomic E-state index is 0.0220. The lowest BCUT2D eigenvalue weighted by atomic mass is 10.2. The summed E-state index contributed by atoms with van der Waals surface area (Å²) in [6.45, 7) is 4.98. The summed E-state index contributed by atoms with van der Waals surface area (Å²) in [6, 6.07) is 0.211. The molecule has 0 spiro atoms. The largest absolute Gasteiger partial charge is 0.352 e. The van der Waals surface area contributed by atoms with Gasteiger partial charge in [-0.05, 0) is 32.7 Å². The third-order valence-electron chi connectivity index (χ3n) is 2.66. The van der Waals surface area contributed by atoms with Crippen LogP contribution in [0, 0.1) is 0 Å². The first kappa shape index (κ1) is 14.6. The Balaban J connectivity index is 2.37. The summed E-state index contributed by atoms with van der Waals surface area (Å²) in [5.74, 6) is -0.0220. The molecular formula is C12H23N5O. The maximum atomic E-state index is 11.7. The van der Waals surface area contributed by atoms with Gasteiger partial charge in [0.2, 0.25) is 5.91 Å². The molecule has 1 aromatic heterocycles. The number of aromatic nitrogens is 3. The number of aryl methyl sites for hydroxylation is 1. The molecule has 1 aromatic rings. The number of carbonyl (C=O) groups excluding carboxylic acids is 1. The molecule has 1 atom stereocenters. The summed E-state index contributed by atoms with van der Waals surface area (Å²) in [6.07, 6.45) is 5.56. The van der Waals surface area contributed by atoms with Gasteiger partial charge >= 0.3 is 0 Å². The number of hydrogen-bond acceptors (Lipinski definition) is 4. The molecule has 0 aliphatic rings. The lowest BCUT2D eigenvalue weighted by molar-refractivity contribution is -0.122. The molecular weight excluding hydrogens is 230 g/mol. The molecule has 18 heavy (non-hydrogen) atoms. The molecule has 6 nitrogen and oxygen atoms in total. The highest BCUT2D eigenvalue weighted by molar-refractivity contribution is 5.75. The third kappa shape index (κ3) is 5.27. The minimum Gasteiger partial charge on any atom is -0.352 e. The molecule has 1 heterocycles. The standard InChI is InChI=1S/C12H23N5O/c1-3-5-10(2)14-12(18)9-17-8-11(15-16-17)6-4-7-13/h8,10H,3-7,9,13H2,1-2H3,(H,14,18). The highest BCUT2D eigenvalue weighted by Gasteiger charge is 2.08. The first-order chi connectivity index (χ1) is 8.65. The number of rotatable bonds is 8. The van der Waals surface area contributed by atoms with Gasteiger partial charge in [-0.2, -0.15) is 0 Å². The second-order valence-electron chi connectivity index (χ2n) is 4.56. The van der Waals surface area contributed by atoms with Gasteiger partial charge in [-0.15, -0.1) is 5.10 Å². The SMILES string of the molecule is CCCC(C)NC(=O)Cn1cc(CCCN)nn1. The Bertz CT molecular complexity index is 363. The normalized spacial score (nSPS) is 12.4. The zero-order valence-corrected chi connectivity index (χ0v) is 11.2. The molecule has 0 bridgehead atoms. The average Bonchev–Trinajstić information content (AvgIpc) is 2.74. The van der Waals surface area contributed by atoms with Crippen LogP contribution in [0.2, 0.25) is 0 Å². The van der Waals surface area contributed by atoms with Crippen molar-refractivity contribution < 1.29 is 4.79 Å². The fraction of sp³-hybridized carbons (Fsp3) is 0.750. The van der Waals surface area contributed by atoms with Gasteiger partial charge in [0.15, 0.2) is 0 Å². The van der Waals surface area contributed by atoms with Crippen LogP contribution in [0.3, 0.4) is 0 Å². The summed E-state index contributed by atoms with van der Waals surface area (Å²) in [4.78, 5) is 11.7. The van der Waals surface area contributed by atoms with Crippen molar-refractivity contribution in [1.29, 1.82) is 0 Å². The molecule has 3 N–H and O–H groups in total. The smallest absolute Gasteiger partial charge is 0.242 e. The van der Waals surface area contributed by atoms with E-state index < -0.39 is 0 Å². The molecule has 0 aliphatic carbocycles. The molecule has 1 rings (SSSR count). The van der Waals surface area contributed by atoms with E-state index in [1.807, 2.05) is 6.92 Å². The lowest BCUT2D eigenvalue weighted by Gasteiger charge is -2.12. The summed E-state index contributed by atoms with van der Waals surface area (Å²) in [5.41, 5.74) is 6.31. The molecule has 0 aliphatic heterocycles. The first-order valence-corrected chi connectivity index (χ1v) is 6.54. The zero-order valence-electron chi connectivity index (χ0n) is 11.2. The van der Waals surface area contributed by atoms with Gasteiger partial charge in [0.1, 0.15) is 6.54 Å². The molecule has 1 amide bonds. The van der Waals surface area contributed by atoms with E-state index in [0.29, 0.717) is 6.54 Å². The van der Waals surface area contributed by atoms with Gasteiger partial charge < -0.3 is 11.1 Å². The second-order valence-corrected chi connectivity index (χ2v) is 4.56. The highest BCUT2D eigenvalue weighted by atomic mass is 16.2. The van der Waals surface area contributed by atoms with Crippen molar-refractivity contribution in [3.8, 4) is 0 Å². The maximum absolute atomic E-state index is 11.7. The van der Waals surface area contributed by atoms with Gasteiger partial charge in [0.05, 0.1) is 5.69 Å². The van der Waals surface area contributed by atoms with Crippen LogP contribution in [0.4, 0.5) is 0 Å². The summed E-state index contributed by atoms with van der Waals surface area (Å²) in [7, 11) is 0. The van der Waals surface area contributed by atoms with Crippen molar-refractivity contribution in [3.05, 3.63) is 11.9 Å². The number of carbonyl (C=O) groups is 1. The maximum Gasteiger partial charge on any atom is 0.242 e. The highest BCUT2D eigenvalue weighted by Crippen LogP contribution is 1.98. The topological polar surface area (TPSA) is 85.8 Å². The Morgan fingerprint density at radius 1 is 1.61 bits per heavy atom. The zero-order chi connectivity index (χ0) is 13.4. The van der Waals surface area contributed by atoms with E-state index in [2.05, 4.69) is 22.6 Å². The molecule has 1 unspecified atom stereocenters. The van der Waals surface area contributed by atoms with Crippen LogP contribution in [-0.4, -0.2) is 33.5 Å². The Kier molecular flexibility index (Phi) is 6.35. The van der Waals surface area contributed by atoms with E-state index in [0.717, 1.165) is 31.4 Å². The van der Waals surface area contributed by atoms with Crippen LogP contribution in [0.15, 0.2) is 6.20 Å². The van der Waals surface area contributed by atoms with Gasteiger partial charge in [-0.1, -0.05) is 18.6 Å². The van der Waals surface area contributed by atoms with Crippen LogP contribution in [0.1, 0.15) is 38.8 Å².